The molecule has 1 heterocycles. The van der Waals surface area contributed by atoms with Gasteiger partial charge in [0, 0.05) is 25.6 Å². The minimum absolute atomic E-state index is 0.0423. The zero-order chi connectivity index (χ0) is 21.0. The second kappa shape index (κ2) is 9.27. The van der Waals surface area contributed by atoms with Crippen LogP contribution in [0.4, 0.5) is 0 Å². The summed E-state index contributed by atoms with van der Waals surface area (Å²) in [6, 6.07) is 7.71. The largest absolute Gasteiger partial charge is 0.497 e. The van der Waals surface area contributed by atoms with Gasteiger partial charge in [-0.25, -0.2) is 0 Å². The summed E-state index contributed by atoms with van der Waals surface area (Å²) in [6.45, 7) is 1.62. The van der Waals surface area contributed by atoms with Crippen LogP contribution in [0.1, 0.15) is 57.8 Å². The SMILES string of the molecule is COc1ccc(OCC(=O)N2CC(CCC(=O)NC3CC3)C3(CCCCC3)C2)cc1. The van der Waals surface area contributed by atoms with Crippen molar-refractivity contribution in [3.8, 4) is 11.5 Å². The van der Waals surface area contributed by atoms with Gasteiger partial charge in [-0.2, -0.15) is 0 Å². The van der Waals surface area contributed by atoms with Gasteiger partial charge < -0.3 is 19.7 Å². The van der Waals surface area contributed by atoms with Crippen LogP contribution in [0.2, 0.25) is 0 Å². The molecule has 1 unspecified atom stereocenters. The van der Waals surface area contributed by atoms with E-state index in [0.717, 1.165) is 38.1 Å². The third kappa shape index (κ3) is 5.08. The molecular weight excluding hydrogens is 380 g/mol. The van der Waals surface area contributed by atoms with Crippen molar-refractivity contribution in [3.05, 3.63) is 24.3 Å². The van der Waals surface area contributed by atoms with Gasteiger partial charge in [-0.15, -0.1) is 0 Å². The van der Waals surface area contributed by atoms with Crippen molar-refractivity contribution in [3.63, 3.8) is 0 Å². The number of carbonyl (C=O) groups excluding carboxylic acids is 2. The van der Waals surface area contributed by atoms with Crippen molar-refractivity contribution < 1.29 is 19.1 Å². The smallest absolute Gasteiger partial charge is 0.260 e. The van der Waals surface area contributed by atoms with Gasteiger partial charge in [-0.1, -0.05) is 19.3 Å². The Morgan fingerprint density at radius 2 is 1.80 bits per heavy atom. The average molecular weight is 415 g/mol. The van der Waals surface area contributed by atoms with Gasteiger partial charge in [0.1, 0.15) is 11.5 Å². The lowest BCUT2D eigenvalue weighted by Crippen LogP contribution is -2.36. The first-order chi connectivity index (χ1) is 14.6. The van der Waals surface area contributed by atoms with Gasteiger partial charge in [0.05, 0.1) is 7.11 Å². The van der Waals surface area contributed by atoms with Crippen molar-refractivity contribution >= 4 is 11.8 Å². The number of benzene rings is 1. The summed E-state index contributed by atoms with van der Waals surface area (Å²) in [5.41, 5.74) is 0.188. The maximum atomic E-state index is 12.9. The van der Waals surface area contributed by atoms with E-state index in [1.54, 1.807) is 7.11 Å². The van der Waals surface area contributed by atoms with Crippen molar-refractivity contribution in [2.45, 2.75) is 63.8 Å². The Morgan fingerprint density at radius 3 is 2.47 bits per heavy atom. The first-order valence-corrected chi connectivity index (χ1v) is 11.4. The fourth-order valence-electron chi connectivity index (χ4n) is 5.18. The number of rotatable bonds is 8. The van der Waals surface area contributed by atoms with E-state index in [4.69, 9.17) is 9.47 Å². The van der Waals surface area contributed by atoms with Crippen molar-refractivity contribution in [1.82, 2.24) is 10.2 Å². The molecule has 1 aliphatic heterocycles. The molecule has 1 atom stereocenters. The molecule has 4 rings (SSSR count). The number of carbonyl (C=O) groups is 2. The lowest BCUT2D eigenvalue weighted by atomic mass is 9.66. The molecule has 0 bridgehead atoms. The second-order valence-electron chi connectivity index (χ2n) is 9.24. The number of nitrogens with one attached hydrogen (secondary N) is 1. The van der Waals surface area contributed by atoms with Crippen LogP contribution in [-0.2, 0) is 9.59 Å². The summed E-state index contributed by atoms with van der Waals surface area (Å²) in [5, 5.41) is 3.10. The van der Waals surface area contributed by atoms with Crippen LogP contribution in [-0.4, -0.2) is 49.6 Å². The number of hydrogen-bond acceptors (Lipinski definition) is 4. The minimum Gasteiger partial charge on any atom is -0.497 e. The van der Waals surface area contributed by atoms with Crippen molar-refractivity contribution in [1.29, 1.82) is 0 Å². The van der Waals surface area contributed by atoms with Crippen LogP contribution < -0.4 is 14.8 Å². The number of likely N-dealkylation sites (tertiary alicyclic amines) is 1. The van der Waals surface area contributed by atoms with E-state index in [9.17, 15) is 9.59 Å². The maximum absolute atomic E-state index is 12.9. The third-order valence-electron chi connectivity index (χ3n) is 7.10. The van der Waals surface area contributed by atoms with Crippen molar-refractivity contribution in [2.24, 2.45) is 11.3 Å². The Morgan fingerprint density at radius 1 is 1.10 bits per heavy atom. The third-order valence-corrected chi connectivity index (χ3v) is 7.10. The summed E-state index contributed by atoms with van der Waals surface area (Å²) in [7, 11) is 1.62. The van der Waals surface area contributed by atoms with E-state index in [1.807, 2.05) is 29.2 Å². The molecular formula is C24H34N2O4. The molecule has 2 amide bonds. The Labute approximate surface area is 179 Å². The summed E-state index contributed by atoms with van der Waals surface area (Å²) < 4.78 is 10.9. The highest BCUT2D eigenvalue weighted by atomic mass is 16.5. The molecule has 30 heavy (non-hydrogen) atoms. The fourth-order valence-corrected chi connectivity index (χ4v) is 5.18. The standard InChI is InChI=1S/C24H34N2O4/c1-29-20-8-10-21(11-9-20)30-16-23(28)26-15-18(5-12-22(27)25-19-6-7-19)24(17-26)13-3-2-4-14-24/h8-11,18-19H,2-7,12-17H2,1H3,(H,25,27). The molecule has 2 aliphatic carbocycles. The Hall–Kier alpha value is -2.24. The van der Waals surface area contributed by atoms with Gasteiger partial charge in [0.2, 0.25) is 5.91 Å². The van der Waals surface area contributed by atoms with E-state index in [1.165, 1.54) is 32.1 Å². The number of nitrogens with zero attached hydrogens (tertiary/aromatic N) is 1. The molecule has 1 spiro atoms. The highest BCUT2D eigenvalue weighted by Crippen LogP contribution is 2.49. The molecule has 1 aromatic carbocycles. The second-order valence-corrected chi connectivity index (χ2v) is 9.24. The van der Waals surface area contributed by atoms with Crippen LogP contribution in [0, 0.1) is 11.3 Å². The molecule has 0 aromatic heterocycles. The van der Waals surface area contributed by atoms with Gasteiger partial charge in [0.25, 0.3) is 5.91 Å². The van der Waals surface area contributed by atoms with E-state index in [-0.39, 0.29) is 23.8 Å². The quantitative estimate of drug-likeness (QED) is 0.707. The molecule has 1 N–H and O–H groups in total. The number of amides is 2. The van der Waals surface area contributed by atoms with E-state index >= 15 is 0 Å². The molecule has 1 saturated heterocycles. The Bertz CT molecular complexity index is 738. The number of methoxy groups -OCH3 is 1. The van der Waals surface area contributed by atoms with Crippen LogP contribution in [0.5, 0.6) is 11.5 Å². The zero-order valence-electron chi connectivity index (χ0n) is 18.0. The summed E-state index contributed by atoms with van der Waals surface area (Å²) in [4.78, 5) is 27.1. The maximum Gasteiger partial charge on any atom is 0.260 e. The van der Waals surface area contributed by atoms with Gasteiger partial charge in [0.15, 0.2) is 6.61 Å². The lowest BCUT2D eigenvalue weighted by molar-refractivity contribution is -0.132. The monoisotopic (exact) mass is 414 g/mol. The van der Waals surface area contributed by atoms with Crippen LogP contribution in [0.15, 0.2) is 24.3 Å². The molecule has 0 radical (unpaired) electrons. The first-order valence-electron chi connectivity index (χ1n) is 11.4. The Kier molecular flexibility index (Phi) is 6.49. The van der Waals surface area contributed by atoms with E-state index in [2.05, 4.69) is 5.32 Å². The van der Waals surface area contributed by atoms with Gasteiger partial charge in [-0.05, 0) is 67.7 Å². The highest BCUT2D eigenvalue weighted by molar-refractivity contribution is 5.78. The van der Waals surface area contributed by atoms with Crippen LogP contribution >= 0.6 is 0 Å². The predicted octanol–water partition coefficient (Wildman–Crippen LogP) is 3.54. The molecule has 164 valence electrons. The van der Waals surface area contributed by atoms with Crippen LogP contribution in [0.3, 0.4) is 0 Å². The van der Waals surface area contributed by atoms with E-state index < -0.39 is 0 Å². The molecule has 3 fully saturated rings. The van der Waals surface area contributed by atoms with E-state index in [0.29, 0.717) is 24.1 Å². The molecule has 6 nitrogen and oxygen atoms in total. The first kappa shape index (κ1) is 21.0. The fraction of sp³-hybridized carbons (Fsp3) is 0.667. The van der Waals surface area contributed by atoms with Crippen LogP contribution in [0.25, 0.3) is 0 Å². The lowest BCUT2D eigenvalue weighted by Gasteiger charge is -2.38. The number of ether oxygens (including phenoxy) is 2. The van der Waals surface area contributed by atoms with Gasteiger partial charge >= 0.3 is 0 Å². The topological polar surface area (TPSA) is 67.9 Å². The Balaban J connectivity index is 1.33. The molecule has 6 heteroatoms. The number of hydrogen-bond donors (Lipinski definition) is 1. The normalized spacial score (nSPS) is 22.7. The molecule has 1 aromatic rings. The summed E-state index contributed by atoms with van der Waals surface area (Å²) in [5.74, 6) is 2.06. The average Bonchev–Trinajstić information content (AvgIpc) is 3.52. The molecule has 2 saturated carbocycles. The van der Waals surface area contributed by atoms with Crippen molar-refractivity contribution in [2.75, 3.05) is 26.8 Å². The van der Waals surface area contributed by atoms with Gasteiger partial charge in [-0.3, -0.25) is 9.59 Å². The summed E-state index contributed by atoms with van der Waals surface area (Å²) in [6.07, 6.45) is 9.78. The molecule has 3 aliphatic rings. The highest BCUT2D eigenvalue weighted by Gasteiger charge is 2.47. The zero-order valence-corrected chi connectivity index (χ0v) is 18.0. The minimum atomic E-state index is 0.0423. The predicted molar refractivity (Wildman–Crippen MR) is 114 cm³/mol. The summed E-state index contributed by atoms with van der Waals surface area (Å²) >= 11 is 0.